The van der Waals surface area contributed by atoms with Gasteiger partial charge in [0, 0.05) is 18.8 Å². The number of amides is 1. The third kappa shape index (κ3) is 3.19. The average Bonchev–Trinajstić information content (AvgIpc) is 3.13. The fourth-order valence-corrected chi connectivity index (χ4v) is 2.96. The SMILES string of the molecule is O=C(Nc1ccccc1CN1CCCC1)C1CCCO1. The minimum Gasteiger partial charge on any atom is -0.368 e. The van der Waals surface area contributed by atoms with Crippen LogP contribution in [-0.2, 0) is 16.1 Å². The highest BCUT2D eigenvalue weighted by Gasteiger charge is 2.24. The van der Waals surface area contributed by atoms with E-state index in [1.54, 1.807) is 0 Å². The van der Waals surface area contributed by atoms with Crippen molar-refractivity contribution in [2.24, 2.45) is 0 Å². The van der Waals surface area contributed by atoms with Crippen molar-refractivity contribution >= 4 is 11.6 Å². The summed E-state index contributed by atoms with van der Waals surface area (Å²) in [6.07, 6.45) is 4.11. The van der Waals surface area contributed by atoms with Crippen LogP contribution in [0.25, 0.3) is 0 Å². The molecule has 3 rings (SSSR count). The highest BCUT2D eigenvalue weighted by Crippen LogP contribution is 2.21. The fraction of sp³-hybridized carbons (Fsp3) is 0.562. The molecule has 20 heavy (non-hydrogen) atoms. The highest BCUT2D eigenvalue weighted by molar-refractivity contribution is 5.94. The van der Waals surface area contributed by atoms with Gasteiger partial charge in [0.05, 0.1) is 0 Å². The highest BCUT2D eigenvalue weighted by atomic mass is 16.5. The van der Waals surface area contributed by atoms with E-state index in [1.807, 2.05) is 18.2 Å². The van der Waals surface area contributed by atoms with Gasteiger partial charge in [-0.05, 0) is 50.4 Å². The Morgan fingerprint density at radius 1 is 1.25 bits per heavy atom. The van der Waals surface area contributed by atoms with Gasteiger partial charge in [-0.15, -0.1) is 0 Å². The van der Waals surface area contributed by atoms with Crippen LogP contribution in [0.1, 0.15) is 31.2 Å². The molecule has 0 saturated carbocycles. The Morgan fingerprint density at radius 2 is 2.05 bits per heavy atom. The van der Waals surface area contributed by atoms with Crippen LogP contribution < -0.4 is 5.32 Å². The zero-order chi connectivity index (χ0) is 13.8. The predicted molar refractivity (Wildman–Crippen MR) is 78.6 cm³/mol. The summed E-state index contributed by atoms with van der Waals surface area (Å²) in [4.78, 5) is 14.6. The second-order valence-electron chi connectivity index (χ2n) is 5.63. The van der Waals surface area contributed by atoms with Gasteiger partial charge in [0.25, 0.3) is 5.91 Å². The summed E-state index contributed by atoms with van der Waals surface area (Å²) < 4.78 is 5.44. The van der Waals surface area contributed by atoms with Crippen LogP contribution in [0.5, 0.6) is 0 Å². The van der Waals surface area contributed by atoms with E-state index < -0.39 is 0 Å². The molecule has 0 spiro atoms. The van der Waals surface area contributed by atoms with Crippen LogP contribution in [0.3, 0.4) is 0 Å². The average molecular weight is 274 g/mol. The summed E-state index contributed by atoms with van der Waals surface area (Å²) in [6.45, 7) is 3.94. The maximum atomic E-state index is 12.2. The van der Waals surface area contributed by atoms with Crippen molar-refractivity contribution in [2.75, 3.05) is 25.0 Å². The maximum Gasteiger partial charge on any atom is 0.253 e. The molecule has 1 unspecified atom stereocenters. The number of carbonyl (C=O) groups is 1. The lowest BCUT2D eigenvalue weighted by Crippen LogP contribution is -2.28. The van der Waals surface area contributed by atoms with E-state index in [2.05, 4.69) is 16.3 Å². The molecule has 0 aliphatic carbocycles. The summed E-state index contributed by atoms with van der Waals surface area (Å²) in [5, 5.41) is 3.04. The number of ether oxygens (including phenoxy) is 1. The van der Waals surface area contributed by atoms with E-state index in [-0.39, 0.29) is 12.0 Å². The molecule has 2 heterocycles. The van der Waals surface area contributed by atoms with E-state index in [1.165, 1.54) is 18.4 Å². The molecule has 0 bridgehead atoms. The molecule has 1 aromatic carbocycles. The molecule has 2 fully saturated rings. The number of benzene rings is 1. The van der Waals surface area contributed by atoms with Gasteiger partial charge in [-0.1, -0.05) is 18.2 Å². The van der Waals surface area contributed by atoms with Crippen molar-refractivity contribution in [3.05, 3.63) is 29.8 Å². The second kappa shape index (κ2) is 6.37. The number of likely N-dealkylation sites (tertiary alicyclic amines) is 1. The van der Waals surface area contributed by atoms with Crippen LogP contribution in [0.4, 0.5) is 5.69 Å². The Hall–Kier alpha value is -1.39. The minimum atomic E-state index is -0.269. The molecule has 0 radical (unpaired) electrons. The smallest absolute Gasteiger partial charge is 0.253 e. The Morgan fingerprint density at radius 3 is 2.80 bits per heavy atom. The first-order valence-corrected chi connectivity index (χ1v) is 7.56. The van der Waals surface area contributed by atoms with Crippen molar-refractivity contribution in [2.45, 2.75) is 38.3 Å². The Bertz CT molecular complexity index is 463. The molecule has 0 aromatic heterocycles. The number of rotatable bonds is 4. The predicted octanol–water partition coefficient (Wildman–Crippen LogP) is 2.40. The standard InChI is InChI=1S/C16H22N2O2/c19-16(15-8-5-11-20-15)17-14-7-2-1-6-13(14)12-18-9-3-4-10-18/h1-2,6-7,15H,3-5,8-12H2,(H,17,19). The molecule has 1 aromatic rings. The molecule has 2 aliphatic rings. The molecule has 4 nitrogen and oxygen atoms in total. The van der Waals surface area contributed by atoms with E-state index in [0.29, 0.717) is 6.61 Å². The van der Waals surface area contributed by atoms with Crippen LogP contribution >= 0.6 is 0 Å². The molecule has 1 atom stereocenters. The van der Waals surface area contributed by atoms with Gasteiger partial charge in [-0.2, -0.15) is 0 Å². The zero-order valence-corrected chi connectivity index (χ0v) is 11.8. The zero-order valence-electron chi connectivity index (χ0n) is 11.8. The van der Waals surface area contributed by atoms with Crippen molar-refractivity contribution in [1.82, 2.24) is 4.90 Å². The molecule has 2 saturated heterocycles. The van der Waals surface area contributed by atoms with Gasteiger partial charge in [-0.25, -0.2) is 0 Å². The Kier molecular flexibility index (Phi) is 4.33. The van der Waals surface area contributed by atoms with Crippen LogP contribution in [0.15, 0.2) is 24.3 Å². The summed E-state index contributed by atoms with van der Waals surface area (Å²) in [7, 11) is 0. The van der Waals surface area contributed by atoms with Gasteiger partial charge in [0.1, 0.15) is 6.10 Å². The molecule has 1 N–H and O–H groups in total. The first-order chi connectivity index (χ1) is 9.83. The number of para-hydroxylation sites is 1. The van der Waals surface area contributed by atoms with Crippen molar-refractivity contribution < 1.29 is 9.53 Å². The third-order valence-corrected chi connectivity index (χ3v) is 4.09. The molecule has 108 valence electrons. The van der Waals surface area contributed by atoms with Gasteiger partial charge < -0.3 is 10.1 Å². The number of hydrogen-bond donors (Lipinski definition) is 1. The van der Waals surface area contributed by atoms with E-state index in [9.17, 15) is 4.79 Å². The van der Waals surface area contributed by atoms with Gasteiger partial charge in [-0.3, -0.25) is 9.69 Å². The fourth-order valence-electron chi connectivity index (χ4n) is 2.96. The lowest BCUT2D eigenvalue weighted by atomic mass is 10.1. The van der Waals surface area contributed by atoms with Gasteiger partial charge >= 0.3 is 0 Å². The number of anilines is 1. The van der Waals surface area contributed by atoms with E-state index >= 15 is 0 Å². The number of nitrogens with one attached hydrogen (secondary N) is 1. The van der Waals surface area contributed by atoms with Crippen LogP contribution in [0, 0.1) is 0 Å². The molecule has 4 heteroatoms. The largest absolute Gasteiger partial charge is 0.368 e. The maximum absolute atomic E-state index is 12.2. The first-order valence-electron chi connectivity index (χ1n) is 7.56. The topological polar surface area (TPSA) is 41.6 Å². The van der Waals surface area contributed by atoms with Crippen molar-refractivity contribution in [3.63, 3.8) is 0 Å². The molecular formula is C16H22N2O2. The monoisotopic (exact) mass is 274 g/mol. The van der Waals surface area contributed by atoms with Crippen molar-refractivity contribution in [3.8, 4) is 0 Å². The summed E-state index contributed by atoms with van der Waals surface area (Å²) >= 11 is 0. The number of hydrogen-bond acceptors (Lipinski definition) is 3. The van der Waals surface area contributed by atoms with Gasteiger partial charge in [0.15, 0.2) is 0 Å². The number of carbonyl (C=O) groups excluding carboxylic acids is 1. The minimum absolute atomic E-state index is 0.00336. The normalized spacial score (nSPS) is 23.1. The lowest BCUT2D eigenvalue weighted by Gasteiger charge is -2.18. The molecule has 2 aliphatic heterocycles. The van der Waals surface area contributed by atoms with E-state index in [0.717, 1.165) is 38.2 Å². The lowest BCUT2D eigenvalue weighted by molar-refractivity contribution is -0.124. The van der Waals surface area contributed by atoms with E-state index in [4.69, 9.17) is 4.74 Å². The third-order valence-electron chi connectivity index (χ3n) is 4.09. The quantitative estimate of drug-likeness (QED) is 0.916. The Labute approximate surface area is 120 Å². The van der Waals surface area contributed by atoms with Crippen LogP contribution in [-0.4, -0.2) is 36.6 Å². The van der Waals surface area contributed by atoms with Crippen molar-refractivity contribution in [1.29, 1.82) is 0 Å². The number of nitrogens with zero attached hydrogens (tertiary/aromatic N) is 1. The van der Waals surface area contributed by atoms with Crippen LogP contribution in [0.2, 0.25) is 0 Å². The molecular weight excluding hydrogens is 252 g/mol. The Balaban J connectivity index is 1.66. The summed E-state index contributed by atoms with van der Waals surface area (Å²) in [5.74, 6) is -0.00336. The summed E-state index contributed by atoms with van der Waals surface area (Å²) in [5.41, 5.74) is 2.13. The molecule has 1 amide bonds. The second-order valence-corrected chi connectivity index (χ2v) is 5.63. The summed E-state index contributed by atoms with van der Waals surface area (Å²) in [6, 6.07) is 8.09. The van der Waals surface area contributed by atoms with Gasteiger partial charge in [0.2, 0.25) is 0 Å². The first kappa shape index (κ1) is 13.6.